The number of fused-ring (bicyclic) bond motifs is 9. The molecule has 11 aromatic rings. The molecule has 0 atom stereocenters. The predicted octanol–water partition coefficient (Wildman–Crippen LogP) is 15.5. The molecule has 54 heavy (non-hydrogen) atoms. The van der Waals surface area contributed by atoms with Gasteiger partial charge in [-0.2, -0.15) is 0 Å². The monoisotopic (exact) mass is 703 g/mol. The minimum atomic E-state index is 1.12. The first-order valence-electron chi connectivity index (χ1n) is 18.5. The molecule has 0 saturated carbocycles. The Bertz CT molecular complexity index is 3200. The summed E-state index contributed by atoms with van der Waals surface area (Å²) >= 11 is 1.89. The van der Waals surface area contributed by atoms with Gasteiger partial charge in [-0.25, -0.2) is 0 Å². The number of hydrogen-bond acceptors (Lipinski definition) is 2. The van der Waals surface area contributed by atoms with Crippen LogP contribution >= 0.6 is 11.3 Å². The largest absolute Gasteiger partial charge is 0.310 e. The van der Waals surface area contributed by atoms with Crippen LogP contribution in [0.4, 0.5) is 17.1 Å². The van der Waals surface area contributed by atoms with Crippen LogP contribution in [0.2, 0.25) is 0 Å². The second-order valence-corrected chi connectivity index (χ2v) is 15.1. The first kappa shape index (κ1) is 30.8. The fraction of sp³-hybridized carbons (Fsp3) is 0. The summed E-state index contributed by atoms with van der Waals surface area (Å²) in [7, 11) is 0. The lowest BCUT2D eigenvalue weighted by molar-refractivity contribution is 1.29. The van der Waals surface area contributed by atoms with Crippen LogP contribution in [0.5, 0.6) is 0 Å². The molecular formula is C52H33NS. The van der Waals surface area contributed by atoms with Gasteiger partial charge in [-0.1, -0.05) is 152 Å². The van der Waals surface area contributed by atoms with Crippen molar-refractivity contribution in [2.24, 2.45) is 0 Å². The molecule has 0 radical (unpaired) electrons. The normalized spacial score (nSPS) is 11.7. The highest BCUT2D eigenvalue weighted by Crippen LogP contribution is 2.44. The van der Waals surface area contributed by atoms with Crippen molar-refractivity contribution in [3.05, 3.63) is 200 Å². The van der Waals surface area contributed by atoms with Gasteiger partial charge in [0, 0.05) is 37.2 Å². The van der Waals surface area contributed by atoms with Crippen LogP contribution < -0.4 is 4.90 Å². The lowest BCUT2D eigenvalue weighted by atomic mass is 9.93. The van der Waals surface area contributed by atoms with E-state index < -0.39 is 0 Å². The highest BCUT2D eigenvalue weighted by molar-refractivity contribution is 7.26. The van der Waals surface area contributed by atoms with Crippen molar-refractivity contribution in [1.82, 2.24) is 0 Å². The SMILES string of the molecule is c1ccc2c(-c3ccc(N(c4ccc(-c5cc6ccccc6c6ccccc56)cc4)c4ccc5sc6c7ccccc7ccc6c5c4)cc3)cccc2c1. The molecule has 11 rings (SSSR count). The lowest BCUT2D eigenvalue weighted by Gasteiger charge is -2.26. The highest BCUT2D eigenvalue weighted by Gasteiger charge is 2.17. The summed E-state index contributed by atoms with van der Waals surface area (Å²) in [5.74, 6) is 0. The molecule has 252 valence electrons. The summed E-state index contributed by atoms with van der Waals surface area (Å²) in [5.41, 5.74) is 8.28. The third-order valence-electron chi connectivity index (χ3n) is 11.0. The summed E-state index contributed by atoms with van der Waals surface area (Å²) in [5, 5.41) is 12.8. The zero-order valence-electron chi connectivity index (χ0n) is 29.4. The van der Waals surface area contributed by atoms with Crippen LogP contribution in [0.3, 0.4) is 0 Å². The van der Waals surface area contributed by atoms with Gasteiger partial charge < -0.3 is 4.90 Å². The molecule has 0 fully saturated rings. The number of thiophene rings is 1. The molecule has 0 aliphatic rings. The van der Waals surface area contributed by atoms with Crippen LogP contribution in [0, 0.1) is 0 Å². The van der Waals surface area contributed by atoms with Crippen LogP contribution in [0.1, 0.15) is 0 Å². The van der Waals surface area contributed by atoms with E-state index in [1.54, 1.807) is 0 Å². The van der Waals surface area contributed by atoms with Crippen molar-refractivity contribution < 1.29 is 0 Å². The van der Waals surface area contributed by atoms with Gasteiger partial charge >= 0.3 is 0 Å². The van der Waals surface area contributed by atoms with Crippen molar-refractivity contribution in [2.75, 3.05) is 4.90 Å². The molecule has 1 aromatic heterocycles. The van der Waals surface area contributed by atoms with E-state index in [2.05, 4.69) is 205 Å². The molecular weight excluding hydrogens is 671 g/mol. The maximum Gasteiger partial charge on any atom is 0.0468 e. The van der Waals surface area contributed by atoms with Crippen molar-refractivity contribution >= 4 is 91.7 Å². The third-order valence-corrected chi connectivity index (χ3v) is 12.3. The van der Waals surface area contributed by atoms with E-state index in [4.69, 9.17) is 0 Å². The van der Waals surface area contributed by atoms with Gasteiger partial charge in [0.1, 0.15) is 0 Å². The van der Waals surface area contributed by atoms with Crippen molar-refractivity contribution in [3.63, 3.8) is 0 Å². The average molecular weight is 704 g/mol. The van der Waals surface area contributed by atoms with Crippen LogP contribution in [-0.2, 0) is 0 Å². The number of anilines is 3. The summed E-state index contributed by atoms with van der Waals surface area (Å²) in [6, 6.07) is 73.5. The zero-order chi connectivity index (χ0) is 35.6. The van der Waals surface area contributed by atoms with Gasteiger partial charge in [0.25, 0.3) is 0 Å². The standard InChI is InChI=1S/C52H33NS/c1-4-14-42-34(10-1)13-9-19-43(42)36-20-25-39(26-21-36)53(41-29-31-51-50(33-41)48-30-24-35-11-2-6-16-45(35)52(48)54-51)40-27-22-37(23-28-40)49-32-38-12-3-5-15-44(38)46-17-7-8-18-47(46)49/h1-33H. The number of nitrogens with zero attached hydrogens (tertiary/aromatic N) is 1. The van der Waals surface area contributed by atoms with E-state index in [1.165, 1.54) is 85.5 Å². The number of benzene rings is 10. The molecule has 0 N–H and O–H groups in total. The number of hydrogen-bond donors (Lipinski definition) is 0. The molecule has 1 nitrogen and oxygen atoms in total. The van der Waals surface area contributed by atoms with E-state index in [0.29, 0.717) is 0 Å². The smallest absolute Gasteiger partial charge is 0.0468 e. The van der Waals surface area contributed by atoms with Crippen LogP contribution in [0.25, 0.3) is 85.5 Å². The van der Waals surface area contributed by atoms with E-state index in [0.717, 1.165) is 17.1 Å². The lowest BCUT2D eigenvalue weighted by Crippen LogP contribution is -2.09. The molecule has 0 aliphatic heterocycles. The second kappa shape index (κ2) is 12.4. The first-order valence-corrected chi connectivity index (χ1v) is 19.3. The van der Waals surface area contributed by atoms with Gasteiger partial charge in [-0.15, -0.1) is 11.3 Å². The van der Waals surface area contributed by atoms with Crippen LogP contribution in [-0.4, -0.2) is 0 Å². The van der Waals surface area contributed by atoms with E-state index in [9.17, 15) is 0 Å². The molecule has 0 saturated heterocycles. The average Bonchev–Trinajstić information content (AvgIpc) is 3.62. The molecule has 0 spiro atoms. The fourth-order valence-corrected chi connectivity index (χ4v) is 9.65. The second-order valence-electron chi connectivity index (χ2n) is 14.1. The third kappa shape index (κ3) is 4.99. The highest BCUT2D eigenvalue weighted by atomic mass is 32.1. The minimum absolute atomic E-state index is 1.12. The molecule has 10 aromatic carbocycles. The molecule has 1 heterocycles. The topological polar surface area (TPSA) is 3.24 Å². The zero-order valence-corrected chi connectivity index (χ0v) is 30.2. The summed E-state index contributed by atoms with van der Waals surface area (Å²) in [6.07, 6.45) is 0. The van der Waals surface area contributed by atoms with Crippen molar-refractivity contribution in [1.29, 1.82) is 0 Å². The summed E-state index contributed by atoms with van der Waals surface area (Å²) < 4.78 is 2.65. The van der Waals surface area contributed by atoms with E-state index in [-0.39, 0.29) is 0 Å². The molecule has 2 heteroatoms. The van der Waals surface area contributed by atoms with Crippen molar-refractivity contribution in [2.45, 2.75) is 0 Å². The van der Waals surface area contributed by atoms with Gasteiger partial charge in [-0.3, -0.25) is 0 Å². The quantitative estimate of drug-likeness (QED) is 0.161. The van der Waals surface area contributed by atoms with Crippen molar-refractivity contribution in [3.8, 4) is 22.3 Å². The molecule has 0 aliphatic carbocycles. The van der Waals surface area contributed by atoms with Gasteiger partial charge in [0.2, 0.25) is 0 Å². The van der Waals surface area contributed by atoms with Gasteiger partial charge in [0.05, 0.1) is 0 Å². The maximum atomic E-state index is 2.40. The fourth-order valence-electron chi connectivity index (χ4n) is 8.43. The molecule has 0 bridgehead atoms. The number of rotatable bonds is 5. The van der Waals surface area contributed by atoms with E-state index >= 15 is 0 Å². The first-order chi connectivity index (χ1) is 26.8. The Morgan fingerprint density at radius 3 is 1.59 bits per heavy atom. The Balaban J connectivity index is 1.07. The molecule has 0 unspecified atom stereocenters. The summed E-state index contributed by atoms with van der Waals surface area (Å²) in [4.78, 5) is 2.40. The Hall–Kier alpha value is -6.74. The predicted molar refractivity (Wildman–Crippen MR) is 235 cm³/mol. The van der Waals surface area contributed by atoms with Gasteiger partial charge in [0.15, 0.2) is 0 Å². The van der Waals surface area contributed by atoms with E-state index in [1.807, 2.05) is 11.3 Å². The Morgan fingerprint density at radius 2 is 0.852 bits per heavy atom. The maximum absolute atomic E-state index is 2.40. The molecule has 0 amide bonds. The minimum Gasteiger partial charge on any atom is -0.310 e. The Morgan fingerprint density at radius 1 is 0.296 bits per heavy atom. The Labute approximate surface area is 317 Å². The van der Waals surface area contributed by atoms with Crippen LogP contribution in [0.15, 0.2) is 200 Å². The van der Waals surface area contributed by atoms with Gasteiger partial charge in [-0.05, 0) is 114 Å². The summed E-state index contributed by atoms with van der Waals surface area (Å²) in [6.45, 7) is 0. The Kier molecular flexibility index (Phi) is 7.11.